The zero-order valence-electron chi connectivity index (χ0n) is 5.98. The SMILES string of the molecule is CC(C#N)CC1(C(=O)O)N=N1. The number of carboxylic acid groups (broad SMARTS) is 1. The van der Waals surface area contributed by atoms with Crippen molar-refractivity contribution in [2.24, 2.45) is 16.1 Å². The molecular formula is C6H7N3O2. The number of carboxylic acids is 1. The van der Waals surface area contributed by atoms with Gasteiger partial charge in [0.25, 0.3) is 5.66 Å². The molecule has 0 spiro atoms. The lowest BCUT2D eigenvalue weighted by molar-refractivity contribution is -0.140. The average molecular weight is 153 g/mol. The van der Waals surface area contributed by atoms with Crippen molar-refractivity contribution in [3.8, 4) is 6.07 Å². The fourth-order valence-electron chi connectivity index (χ4n) is 0.787. The fourth-order valence-corrected chi connectivity index (χ4v) is 0.787. The fraction of sp³-hybridized carbons (Fsp3) is 0.667. The van der Waals surface area contributed by atoms with E-state index in [1.807, 2.05) is 6.07 Å². The maximum atomic E-state index is 10.4. The molecule has 0 saturated carbocycles. The zero-order valence-corrected chi connectivity index (χ0v) is 5.98. The summed E-state index contributed by atoms with van der Waals surface area (Å²) in [5.41, 5.74) is -1.28. The van der Waals surface area contributed by atoms with Gasteiger partial charge in [0.05, 0.1) is 6.07 Å². The van der Waals surface area contributed by atoms with Gasteiger partial charge in [-0.2, -0.15) is 5.26 Å². The smallest absolute Gasteiger partial charge is 0.358 e. The van der Waals surface area contributed by atoms with Gasteiger partial charge >= 0.3 is 5.97 Å². The quantitative estimate of drug-likeness (QED) is 0.650. The molecule has 0 bridgehead atoms. The summed E-state index contributed by atoms with van der Waals surface area (Å²) in [6.07, 6.45) is 0.179. The molecule has 0 amide bonds. The van der Waals surface area contributed by atoms with Gasteiger partial charge in [-0.1, -0.05) is 0 Å². The molecule has 58 valence electrons. The predicted octanol–water partition coefficient (Wildman–Crippen LogP) is 0.783. The molecule has 0 aromatic heterocycles. The summed E-state index contributed by atoms with van der Waals surface area (Å²) in [5, 5.41) is 23.7. The molecule has 5 nitrogen and oxygen atoms in total. The van der Waals surface area contributed by atoms with Crippen molar-refractivity contribution in [1.29, 1.82) is 5.26 Å². The van der Waals surface area contributed by atoms with Crippen LogP contribution in [0.3, 0.4) is 0 Å². The molecule has 1 unspecified atom stereocenters. The maximum Gasteiger partial charge on any atom is 0.358 e. The van der Waals surface area contributed by atoms with Crippen LogP contribution in [0.15, 0.2) is 10.2 Å². The van der Waals surface area contributed by atoms with E-state index in [0.717, 1.165) is 0 Å². The van der Waals surface area contributed by atoms with Crippen LogP contribution in [0, 0.1) is 17.2 Å². The van der Waals surface area contributed by atoms with Crippen molar-refractivity contribution < 1.29 is 9.90 Å². The van der Waals surface area contributed by atoms with Gasteiger partial charge in [0, 0.05) is 12.3 Å². The van der Waals surface area contributed by atoms with Gasteiger partial charge < -0.3 is 5.11 Å². The summed E-state index contributed by atoms with van der Waals surface area (Å²) >= 11 is 0. The minimum atomic E-state index is -1.28. The standard InChI is InChI=1S/C6H7N3O2/c1-4(3-7)2-6(5(10)11)8-9-6/h4H,2H2,1H3,(H,10,11). The van der Waals surface area contributed by atoms with Crippen LogP contribution in [0.25, 0.3) is 0 Å². The first-order valence-electron chi connectivity index (χ1n) is 3.18. The van der Waals surface area contributed by atoms with E-state index in [4.69, 9.17) is 10.4 Å². The lowest BCUT2D eigenvalue weighted by Crippen LogP contribution is -2.25. The molecule has 0 aromatic carbocycles. The second kappa shape index (κ2) is 2.31. The Bertz CT molecular complexity index is 247. The van der Waals surface area contributed by atoms with Gasteiger partial charge in [-0.15, -0.1) is 10.2 Å². The zero-order chi connectivity index (χ0) is 8.48. The van der Waals surface area contributed by atoms with Crippen molar-refractivity contribution in [2.45, 2.75) is 19.0 Å². The van der Waals surface area contributed by atoms with E-state index in [1.54, 1.807) is 6.92 Å². The summed E-state index contributed by atoms with van der Waals surface area (Å²) < 4.78 is 0. The number of hydrogen-bond donors (Lipinski definition) is 1. The Labute approximate surface area is 63.4 Å². The number of nitrogens with zero attached hydrogens (tertiary/aromatic N) is 3. The van der Waals surface area contributed by atoms with E-state index in [2.05, 4.69) is 10.2 Å². The second-order valence-corrected chi connectivity index (χ2v) is 2.56. The third kappa shape index (κ3) is 1.34. The van der Waals surface area contributed by atoms with Crippen LogP contribution in [-0.4, -0.2) is 16.7 Å². The van der Waals surface area contributed by atoms with Crippen LogP contribution in [0.2, 0.25) is 0 Å². The first-order chi connectivity index (χ1) is 5.10. The minimum Gasteiger partial charge on any atom is -0.478 e. The molecule has 0 radical (unpaired) electrons. The number of rotatable bonds is 3. The van der Waals surface area contributed by atoms with E-state index >= 15 is 0 Å². The Morgan fingerprint density at radius 2 is 2.36 bits per heavy atom. The lowest BCUT2D eigenvalue weighted by atomic mass is 10.0. The van der Waals surface area contributed by atoms with Gasteiger partial charge in [0.1, 0.15) is 0 Å². The van der Waals surface area contributed by atoms with E-state index in [0.29, 0.717) is 0 Å². The summed E-state index contributed by atoms with van der Waals surface area (Å²) in [7, 11) is 0. The first kappa shape index (κ1) is 7.66. The summed E-state index contributed by atoms with van der Waals surface area (Å²) in [5.74, 6) is -1.39. The maximum absolute atomic E-state index is 10.4. The molecule has 1 N–H and O–H groups in total. The topological polar surface area (TPSA) is 85.8 Å². The van der Waals surface area contributed by atoms with Crippen molar-refractivity contribution in [3.63, 3.8) is 0 Å². The Balaban J connectivity index is 2.50. The highest BCUT2D eigenvalue weighted by Crippen LogP contribution is 2.34. The number of carbonyl (C=O) groups is 1. The van der Waals surface area contributed by atoms with E-state index in [-0.39, 0.29) is 12.3 Å². The van der Waals surface area contributed by atoms with Crippen LogP contribution >= 0.6 is 0 Å². The van der Waals surface area contributed by atoms with Gasteiger partial charge in [-0.25, -0.2) is 4.79 Å². The van der Waals surface area contributed by atoms with E-state index in [9.17, 15) is 4.79 Å². The molecule has 0 fully saturated rings. The highest BCUT2D eigenvalue weighted by Gasteiger charge is 2.49. The number of nitriles is 1. The third-order valence-electron chi connectivity index (χ3n) is 1.50. The van der Waals surface area contributed by atoms with Crippen LogP contribution in [0.4, 0.5) is 0 Å². The van der Waals surface area contributed by atoms with Gasteiger partial charge in [0.15, 0.2) is 0 Å². The van der Waals surface area contributed by atoms with Crippen LogP contribution in [0.5, 0.6) is 0 Å². The van der Waals surface area contributed by atoms with Crippen molar-refractivity contribution in [2.75, 3.05) is 0 Å². The Hall–Kier alpha value is -1.44. The molecule has 0 aliphatic carbocycles. The molecular weight excluding hydrogens is 146 g/mol. The summed E-state index contributed by atoms with van der Waals surface area (Å²) in [4.78, 5) is 10.4. The summed E-state index contributed by atoms with van der Waals surface area (Å²) in [6.45, 7) is 1.65. The molecule has 0 saturated heterocycles. The molecule has 1 aliphatic rings. The molecule has 1 heterocycles. The Morgan fingerprint density at radius 1 is 1.82 bits per heavy atom. The molecule has 1 atom stereocenters. The van der Waals surface area contributed by atoms with Crippen LogP contribution < -0.4 is 0 Å². The van der Waals surface area contributed by atoms with Gasteiger partial charge in [0.2, 0.25) is 0 Å². The predicted molar refractivity (Wildman–Crippen MR) is 34.6 cm³/mol. The number of hydrogen-bond acceptors (Lipinski definition) is 4. The second-order valence-electron chi connectivity index (χ2n) is 2.56. The first-order valence-corrected chi connectivity index (χ1v) is 3.18. The Kier molecular flexibility index (Phi) is 1.61. The molecule has 0 aromatic rings. The molecule has 11 heavy (non-hydrogen) atoms. The monoisotopic (exact) mass is 153 g/mol. The average Bonchev–Trinajstić information content (AvgIpc) is 2.69. The van der Waals surface area contributed by atoms with Gasteiger partial charge in [-0.3, -0.25) is 0 Å². The van der Waals surface area contributed by atoms with Gasteiger partial charge in [-0.05, 0) is 6.92 Å². The van der Waals surface area contributed by atoms with Crippen LogP contribution in [0.1, 0.15) is 13.3 Å². The lowest BCUT2D eigenvalue weighted by Gasteiger charge is -2.04. The van der Waals surface area contributed by atoms with Crippen molar-refractivity contribution >= 4 is 5.97 Å². The normalized spacial score (nSPS) is 20.4. The summed E-state index contributed by atoms with van der Waals surface area (Å²) in [6, 6.07) is 1.93. The largest absolute Gasteiger partial charge is 0.478 e. The third-order valence-corrected chi connectivity index (χ3v) is 1.50. The van der Waals surface area contributed by atoms with E-state index in [1.165, 1.54) is 0 Å². The van der Waals surface area contributed by atoms with E-state index < -0.39 is 11.6 Å². The number of aliphatic carboxylic acids is 1. The van der Waals surface area contributed by atoms with Crippen LogP contribution in [-0.2, 0) is 4.79 Å². The molecule has 1 rings (SSSR count). The van der Waals surface area contributed by atoms with Crippen molar-refractivity contribution in [3.05, 3.63) is 0 Å². The molecule has 5 heteroatoms. The highest BCUT2D eigenvalue weighted by atomic mass is 16.4. The Morgan fingerprint density at radius 3 is 2.64 bits per heavy atom. The van der Waals surface area contributed by atoms with Crippen molar-refractivity contribution in [1.82, 2.24) is 0 Å². The highest BCUT2D eigenvalue weighted by molar-refractivity contribution is 5.80. The minimum absolute atomic E-state index is 0.179. The molecule has 1 aliphatic heterocycles.